The van der Waals surface area contributed by atoms with E-state index in [0.717, 1.165) is 52.2 Å². The van der Waals surface area contributed by atoms with Crippen molar-refractivity contribution in [1.29, 1.82) is 0 Å². The van der Waals surface area contributed by atoms with E-state index in [1.54, 1.807) is 0 Å². The molecule has 1 unspecified atom stereocenters. The molecular weight excluding hydrogens is 416 g/mol. The summed E-state index contributed by atoms with van der Waals surface area (Å²) < 4.78 is 17.4. The smallest absolute Gasteiger partial charge is 0.193 e. The molecule has 1 heterocycles. The highest BCUT2D eigenvalue weighted by Gasteiger charge is 2.33. The second-order valence-electron chi connectivity index (χ2n) is 8.99. The normalized spacial score (nSPS) is 18.8. The predicted molar refractivity (Wildman–Crippen MR) is 128 cm³/mol. The third-order valence-corrected chi connectivity index (χ3v) is 6.08. The van der Waals surface area contributed by atoms with Crippen LogP contribution in [0.4, 0.5) is 17.1 Å². The Balaban J connectivity index is 1.32. The number of benzene rings is 3. The van der Waals surface area contributed by atoms with Crippen LogP contribution in [0.1, 0.15) is 40.9 Å². The second-order valence-corrected chi connectivity index (χ2v) is 8.99. The van der Waals surface area contributed by atoms with E-state index in [2.05, 4.69) is 5.32 Å². The Morgan fingerprint density at radius 3 is 2.48 bits per heavy atom. The minimum atomic E-state index is -0.570. The van der Waals surface area contributed by atoms with Gasteiger partial charge >= 0.3 is 0 Å². The first-order chi connectivity index (χ1) is 15.9. The van der Waals surface area contributed by atoms with E-state index < -0.39 is 5.79 Å². The summed E-state index contributed by atoms with van der Waals surface area (Å²) in [5, 5.41) is 3.36. The van der Waals surface area contributed by atoms with Crippen LogP contribution in [0.2, 0.25) is 0 Å². The fraction of sp³-hybridized carbons (Fsp3) is 0.296. The summed E-state index contributed by atoms with van der Waals surface area (Å²) >= 11 is 0. The van der Waals surface area contributed by atoms with E-state index >= 15 is 0 Å². The van der Waals surface area contributed by atoms with E-state index in [1.165, 1.54) is 0 Å². The van der Waals surface area contributed by atoms with Crippen molar-refractivity contribution in [2.24, 2.45) is 0 Å². The molecule has 0 saturated carbocycles. The van der Waals surface area contributed by atoms with Crippen molar-refractivity contribution >= 4 is 22.8 Å². The minimum absolute atomic E-state index is 0.0455. The van der Waals surface area contributed by atoms with Gasteiger partial charge in [0.2, 0.25) is 0 Å². The number of carbonyl (C=O) groups is 1. The molecule has 6 nitrogen and oxygen atoms in total. The van der Waals surface area contributed by atoms with E-state index in [1.807, 2.05) is 74.5 Å². The Morgan fingerprint density at radius 2 is 1.76 bits per heavy atom. The number of ether oxygens (including phenoxy) is 3. The van der Waals surface area contributed by atoms with Gasteiger partial charge in [0, 0.05) is 16.8 Å². The van der Waals surface area contributed by atoms with Crippen LogP contribution in [0, 0.1) is 0 Å². The van der Waals surface area contributed by atoms with Crippen molar-refractivity contribution in [3.8, 4) is 5.75 Å². The first-order valence-electron chi connectivity index (χ1n) is 11.2. The molecule has 3 aromatic rings. The molecule has 1 atom stereocenters. The van der Waals surface area contributed by atoms with Crippen LogP contribution in [0.15, 0.2) is 60.7 Å². The van der Waals surface area contributed by atoms with Gasteiger partial charge in [-0.1, -0.05) is 12.1 Å². The molecule has 0 amide bonds. The molecule has 0 spiro atoms. The number of anilines is 3. The summed E-state index contributed by atoms with van der Waals surface area (Å²) in [6, 6.07) is 19.2. The molecule has 5 rings (SSSR count). The lowest BCUT2D eigenvalue weighted by molar-refractivity contribution is -0.141. The van der Waals surface area contributed by atoms with Crippen LogP contribution in [-0.4, -0.2) is 30.9 Å². The number of fused-ring (bicyclic) bond motifs is 2. The summed E-state index contributed by atoms with van der Waals surface area (Å²) in [7, 11) is 0. The lowest BCUT2D eigenvalue weighted by Gasteiger charge is -2.17. The van der Waals surface area contributed by atoms with Crippen molar-refractivity contribution < 1.29 is 19.0 Å². The van der Waals surface area contributed by atoms with Crippen molar-refractivity contribution in [2.45, 2.75) is 38.6 Å². The van der Waals surface area contributed by atoms with Crippen LogP contribution < -0.4 is 15.8 Å². The summed E-state index contributed by atoms with van der Waals surface area (Å²) in [5.41, 5.74) is 12.0. The number of para-hydroxylation sites is 2. The fourth-order valence-corrected chi connectivity index (χ4v) is 4.40. The molecule has 1 aliphatic carbocycles. The van der Waals surface area contributed by atoms with Crippen LogP contribution in [0.3, 0.4) is 0 Å². The van der Waals surface area contributed by atoms with Gasteiger partial charge in [-0.2, -0.15) is 0 Å². The number of nitrogens with one attached hydrogen (secondary N) is 1. The minimum Gasteiger partial charge on any atom is -0.491 e. The van der Waals surface area contributed by atoms with Gasteiger partial charge in [0.15, 0.2) is 11.6 Å². The monoisotopic (exact) mass is 444 g/mol. The quantitative estimate of drug-likeness (QED) is 0.546. The number of hydrogen-bond donors (Lipinski definition) is 2. The molecule has 170 valence electrons. The van der Waals surface area contributed by atoms with Crippen molar-refractivity contribution in [1.82, 2.24) is 0 Å². The zero-order chi connectivity index (χ0) is 23.0. The summed E-state index contributed by atoms with van der Waals surface area (Å²) in [4.78, 5) is 13.3. The van der Waals surface area contributed by atoms with Crippen molar-refractivity contribution in [3.05, 3.63) is 82.9 Å². The van der Waals surface area contributed by atoms with Gasteiger partial charge in [-0.25, -0.2) is 0 Å². The zero-order valence-electron chi connectivity index (χ0n) is 18.9. The Labute approximate surface area is 193 Å². The lowest BCUT2D eigenvalue weighted by Crippen LogP contribution is -2.25. The largest absolute Gasteiger partial charge is 0.491 e. The molecule has 33 heavy (non-hydrogen) atoms. The molecule has 3 aromatic carbocycles. The number of nitrogen functional groups attached to an aromatic ring is 1. The van der Waals surface area contributed by atoms with Gasteiger partial charge in [-0.15, -0.1) is 0 Å². The maximum absolute atomic E-state index is 13.3. The average Bonchev–Trinajstić information content (AvgIpc) is 3.09. The molecular formula is C27H28N2O4. The number of carbonyl (C=O) groups excluding carboxylic acids is 1. The third-order valence-electron chi connectivity index (χ3n) is 6.08. The fourth-order valence-electron chi connectivity index (χ4n) is 4.40. The van der Waals surface area contributed by atoms with E-state index in [-0.39, 0.29) is 11.9 Å². The van der Waals surface area contributed by atoms with E-state index in [9.17, 15) is 4.79 Å². The highest BCUT2D eigenvalue weighted by molar-refractivity contribution is 6.11. The summed E-state index contributed by atoms with van der Waals surface area (Å²) in [6.45, 7) is 4.72. The Morgan fingerprint density at radius 1 is 1.03 bits per heavy atom. The highest BCUT2D eigenvalue weighted by atomic mass is 16.7. The van der Waals surface area contributed by atoms with Crippen LogP contribution in [0.5, 0.6) is 5.75 Å². The van der Waals surface area contributed by atoms with Crippen molar-refractivity contribution in [3.63, 3.8) is 0 Å². The molecule has 1 fully saturated rings. The summed E-state index contributed by atoms with van der Waals surface area (Å²) in [5.74, 6) is 0.215. The Hall–Kier alpha value is -3.35. The maximum Gasteiger partial charge on any atom is 0.193 e. The van der Waals surface area contributed by atoms with Crippen LogP contribution >= 0.6 is 0 Å². The predicted octanol–water partition coefficient (Wildman–Crippen LogP) is 4.87. The second kappa shape index (κ2) is 8.54. The van der Waals surface area contributed by atoms with Crippen LogP contribution in [-0.2, 0) is 22.3 Å². The van der Waals surface area contributed by atoms with Gasteiger partial charge in [-0.3, -0.25) is 4.79 Å². The molecule has 1 saturated heterocycles. The Kier molecular flexibility index (Phi) is 5.56. The van der Waals surface area contributed by atoms with Gasteiger partial charge in [0.25, 0.3) is 0 Å². The van der Waals surface area contributed by atoms with Crippen molar-refractivity contribution in [2.75, 3.05) is 24.3 Å². The molecule has 2 aliphatic rings. The first kappa shape index (κ1) is 21.5. The van der Waals surface area contributed by atoms with E-state index in [4.69, 9.17) is 19.9 Å². The first-order valence-corrected chi connectivity index (χ1v) is 11.2. The van der Waals surface area contributed by atoms with Gasteiger partial charge in [0.1, 0.15) is 18.5 Å². The molecule has 0 radical (unpaired) electrons. The molecule has 3 N–H and O–H groups in total. The van der Waals surface area contributed by atoms with E-state index in [0.29, 0.717) is 18.9 Å². The Bertz CT molecular complexity index is 1200. The molecule has 0 aromatic heterocycles. The number of hydrogen-bond acceptors (Lipinski definition) is 6. The zero-order valence-corrected chi connectivity index (χ0v) is 18.9. The third kappa shape index (κ3) is 4.58. The molecule has 1 aliphatic heterocycles. The standard InChI is InChI=1S/C27H28N2O4/c1-27(2)32-16-21(33-27)15-31-20-10-12-23-18(14-20)8-7-17-13-19(9-11-22(17)26(23)30)29-25-6-4-3-5-24(25)28/h3-6,9-14,21,29H,7-8,15-16,28H2,1-2H3. The molecule has 6 heteroatoms. The number of nitrogens with two attached hydrogens (primary N) is 1. The van der Waals surface area contributed by atoms with Gasteiger partial charge < -0.3 is 25.3 Å². The number of ketones is 1. The maximum atomic E-state index is 13.3. The number of aryl methyl sites for hydroxylation is 2. The lowest BCUT2D eigenvalue weighted by atomic mass is 9.98. The number of rotatable bonds is 5. The average molecular weight is 445 g/mol. The highest BCUT2D eigenvalue weighted by Crippen LogP contribution is 2.31. The van der Waals surface area contributed by atoms with Gasteiger partial charge in [-0.05, 0) is 86.3 Å². The topological polar surface area (TPSA) is 82.8 Å². The summed E-state index contributed by atoms with van der Waals surface area (Å²) in [6.07, 6.45) is 1.43. The van der Waals surface area contributed by atoms with Crippen LogP contribution in [0.25, 0.3) is 0 Å². The van der Waals surface area contributed by atoms with Gasteiger partial charge in [0.05, 0.1) is 18.0 Å². The molecule has 0 bridgehead atoms. The SMILES string of the molecule is CC1(C)OCC(COc2ccc3c(c2)CCc2cc(Nc4ccccc4N)ccc2C3=O)O1.